The van der Waals surface area contributed by atoms with Crippen LogP contribution in [0.4, 0.5) is 0 Å². The molecule has 1 aliphatic heterocycles. The highest BCUT2D eigenvalue weighted by Crippen LogP contribution is 2.32. The molecule has 1 aromatic carbocycles. The van der Waals surface area contributed by atoms with Gasteiger partial charge in [0, 0.05) is 6.42 Å². The van der Waals surface area contributed by atoms with E-state index in [1.807, 2.05) is 25.1 Å². The Kier molecular flexibility index (Phi) is 5.42. The fraction of sp³-hybridized carbons (Fsp3) is 0.632. The fourth-order valence-electron chi connectivity index (χ4n) is 3.54. The number of carbonyl (C=O) groups is 1. The number of fused-ring (bicyclic) bond motifs is 1. The minimum absolute atomic E-state index is 0.00955. The van der Waals surface area contributed by atoms with Crippen molar-refractivity contribution >= 4 is 5.91 Å². The van der Waals surface area contributed by atoms with Crippen molar-refractivity contribution in [1.29, 1.82) is 0 Å². The van der Waals surface area contributed by atoms with Gasteiger partial charge in [-0.2, -0.15) is 0 Å². The molecular formula is C19H27NO3. The highest BCUT2D eigenvalue weighted by Gasteiger charge is 2.18. The zero-order valence-electron chi connectivity index (χ0n) is 14.0. The molecule has 1 N–H and O–H groups in total. The summed E-state index contributed by atoms with van der Waals surface area (Å²) >= 11 is 0. The van der Waals surface area contributed by atoms with Crippen LogP contribution in [0, 0.1) is 5.92 Å². The number of nitrogens with one attached hydrogen (secondary N) is 1. The van der Waals surface area contributed by atoms with Crippen LogP contribution in [0.25, 0.3) is 0 Å². The first-order valence-electron chi connectivity index (χ1n) is 8.91. The van der Waals surface area contributed by atoms with Crippen LogP contribution in [-0.2, 0) is 4.79 Å². The lowest BCUT2D eigenvalue weighted by Crippen LogP contribution is -2.27. The summed E-state index contributed by atoms with van der Waals surface area (Å²) in [5, 5.41) is 3.11. The van der Waals surface area contributed by atoms with Crippen LogP contribution >= 0.6 is 0 Å². The Balaban J connectivity index is 1.49. The van der Waals surface area contributed by atoms with E-state index in [1.165, 1.54) is 32.1 Å². The van der Waals surface area contributed by atoms with E-state index < -0.39 is 0 Å². The smallest absolute Gasteiger partial charge is 0.220 e. The van der Waals surface area contributed by atoms with Crippen LogP contribution in [0.5, 0.6) is 11.5 Å². The molecule has 1 saturated carbocycles. The van der Waals surface area contributed by atoms with E-state index in [0.717, 1.165) is 29.4 Å². The summed E-state index contributed by atoms with van der Waals surface area (Å²) in [7, 11) is 0. The third-order valence-electron chi connectivity index (χ3n) is 4.95. The van der Waals surface area contributed by atoms with Crippen molar-refractivity contribution in [3.05, 3.63) is 23.8 Å². The van der Waals surface area contributed by atoms with E-state index in [9.17, 15) is 4.79 Å². The molecule has 3 rings (SSSR count). The predicted octanol–water partition coefficient (Wildman–Crippen LogP) is 4.00. The topological polar surface area (TPSA) is 47.6 Å². The highest BCUT2D eigenvalue weighted by molar-refractivity contribution is 5.76. The molecule has 0 radical (unpaired) electrons. The van der Waals surface area contributed by atoms with Crippen molar-refractivity contribution in [1.82, 2.24) is 5.32 Å². The predicted molar refractivity (Wildman–Crippen MR) is 89.8 cm³/mol. The molecule has 23 heavy (non-hydrogen) atoms. The largest absolute Gasteiger partial charge is 0.486 e. The van der Waals surface area contributed by atoms with E-state index in [1.54, 1.807) is 0 Å². The number of rotatable bonds is 5. The molecule has 1 fully saturated rings. The van der Waals surface area contributed by atoms with Crippen molar-refractivity contribution < 1.29 is 14.3 Å². The first kappa shape index (κ1) is 16.2. The fourth-order valence-corrected chi connectivity index (χ4v) is 3.54. The standard InChI is InChI=1S/C19H27NO3/c1-14(16-8-9-17-18(13-16)23-12-11-22-17)20-19(21)10-7-15-5-3-2-4-6-15/h8-9,13-15H,2-7,10-12H2,1H3,(H,20,21). The van der Waals surface area contributed by atoms with Crippen molar-refractivity contribution in [2.75, 3.05) is 13.2 Å². The quantitative estimate of drug-likeness (QED) is 0.893. The summed E-state index contributed by atoms with van der Waals surface area (Å²) in [6.45, 7) is 3.20. The minimum atomic E-state index is -0.00955. The molecule has 4 heteroatoms. The lowest BCUT2D eigenvalue weighted by molar-refractivity contribution is -0.122. The second-order valence-electron chi connectivity index (χ2n) is 6.74. The Morgan fingerprint density at radius 3 is 2.70 bits per heavy atom. The van der Waals surface area contributed by atoms with Gasteiger partial charge in [0.15, 0.2) is 11.5 Å². The van der Waals surface area contributed by atoms with E-state index in [2.05, 4.69) is 5.32 Å². The maximum Gasteiger partial charge on any atom is 0.220 e. The number of amides is 1. The molecule has 1 amide bonds. The summed E-state index contributed by atoms with van der Waals surface area (Å²) in [6.07, 6.45) is 8.29. The van der Waals surface area contributed by atoms with Gasteiger partial charge in [-0.15, -0.1) is 0 Å². The molecule has 126 valence electrons. The van der Waals surface area contributed by atoms with Crippen LogP contribution in [0.15, 0.2) is 18.2 Å². The Morgan fingerprint density at radius 1 is 1.17 bits per heavy atom. The second-order valence-corrected chi connectivity index (χ2v) is 6.74. The lowest BCUT2D eigenvalue weighted by Gasteiger charge is -2.22. The van der Waals surface area contributed by atoms with E-state index in [4.69, 9.17) is 9.47 Å². The molecule has 1 aliphatic carbocycles. The molecule has 1 atom stereocenters. The van der Waals surface area contributed by atoms with Crippen LogP contribution in [0.2, 0.25) is 0 Å². The Labute approximate surface area is 138 Å². The van der Waals surface area contributed by atoms with Crippen LogP contribution in [-0.4, -0.2) is 19.1 Å². The molecule has 0 saturated heterocycles. The van der Waals surface area contributed by atoms with Crippen LogP contribution in [0.3, 0.4) is 0 Å². The Hall–Kier alpha value is -1.71. The molecule has 1 aromatic rings. The molecule has 0 spiro atoms. The first-order chi connectivity index (χ1) is 11.2. The summed E-state index contributed by atoms with van der Waals surface area (Å²) < 4.78 is 11.1. The van der Waals surface area contributed by atoms with Crippen molar-refractivity contribution in [2.45, 2.75) is 57.9 Å². The van der Waals surface area contributed by atoms with Crippen LogP contribution < -0.4 is 14.8 Å². The highest BCUT2D eigenvalue weighted by atomic mass is 16.6. The summed E-state index contributed by atoms with van der Waals surface area (Å²) in [5.41, 5.74) is 1.06. The van der Waals surface area contributed by atoms with Gasteiger partial charge in [-0.1, -0.05) is 38.2 Å². The number of hydrogen-bond donors (Lipinski definition) is 1. The molecule has 4 nitrogen and oxygen atoms in total. The Bertz CT molecular complexity index is 537. The van der Waals surface area contributed by atoms with Gasteiger partial charge < -0.3 is 14.8 Å². The molecule has 0 aromatic heterocycles. The summed E-state index contributed by atoms with van der Waals surface area (Å²) in [6, 6.07) is 5.89. The normalized spacial score (nSPS) is 19.2. The summed E-state index contributed by atoms with van der Waals surface area (Å²) in [4.78, 5) is 12.2. The van der Waals surface area contributed by atoms with Gasteiger partial charge in [0.25, 0.3) is 0 Å². The van der Waals surface area contributed by atoms with Crippen molar-refractivity contribution in [3.8, 4) is 11.5 Å². The molecule has 0 bridgehead atoms. The van der Waals surface area contributed by atoms with Gasteiger partial charge in [-0.25, -0.2) is 0 Å². The van der Waals surface area contributed by atoms with Gasteiger partial charge in [0.05, 0.1) is 6.04 Å². The zero-order valence-corrected chi connectivity index (χ0v) is 14.0. The van der Waals surface area contributed by atoms with Crippen molar-refractivity contribution in [3.63, 3.8) is 0 Å². The van der Waals surface area contributed by atoms with Gasteiger partial charge in [-0.05, 0) is 37.0 Å². The van der Waals surface area contributed by atoms with E-state index in [-0.39, 0.29) is 11.9 Å². The first-order valence-corrected chi connectivity index (χ1v) is 8.91. The molecule has 1 heterocycles. The average molecular weight is 317 g/mol. The zero-order chi connectivity index (χ0) is 16.1. The maximum absolute atomic E-state index is 12.2. The monoisotopic (exact) mass is 317 g/mol. The number of benzene rings is 1. The minimum Gasteiger partial charge on any atom is -0.486 e. The van der Waals surface area contributed by atoms with Crippen molar-refractivity contribution in [2.24, 2.45) is 5.92 Å². The third kappa shape index (κ3) is 4.40. The number of hydrogen-bond acceptors (Lipinski definition) is 3. The van der Waals surface area contributed by atoms with E-state index in [0.29, 0.717) is 19.6 Å². The van der Waals surface area contributed by atoms with Gasteiger partial charge in [0.1, 0.15) is 13.2 Å². The van der Waals surface area contributed by atoms with Gasteiger partial charge >= 0.3 is 0 Å². The number of carbonyl (C=O) groups excluding carboxylic acids is 1. The lowest BCUT2D eigenvalue weighted by atomic mass is 9.86. The number of ether oxygens (including phenoxy) is 2. The SMILES string of the molecule is CC(NC(=O)CCC1CCCCC1)c1ccc2c(c1)OCCO2. The van der Waals surface area contributed by atoms with Gasteiger partial charge in [-0.3, -0.25) is 4.79 Å². The second kappa shape index (κ2) is 7.71. The molecule has 1 unspecified atom stereocenters. The van der Waals surface area contributed by atoms with Gasteiger partial charge in [0.2, 0.25) is 5.91 Å². The maximum atomic E-state index is 12.2. The Morgan fingerprint density at radius 2 is 1.91 bits per heavy atom. The summed E-state index contributed by atoms with van der Waals surface area (Å²) in [5.74, 6) is 2.46. The molecular weight excluding hydrogens is 290 g/mol. The van der Waals surface area contributed by atoms with Crippen LogP contribution in [0.1, 0.15) is 63.5 Å². The third-order valence-corrected chi connectivity index (χ3v) is 4.95. The molecule has 2 aliphatic rings. The van der Waals surface area contributed by atoms with E-state index >= 15 is 0 Å². The average Bonchev–Trinajstić information content (AvgIpc) is 2.60.